The number of rotatable bonds is 6. The second-order valence-electron chi connectivity index (χ2n) is 7.45. The molecule has 0 radical (unpaired) electrons. The van der Waals surface area contributed by atoms with Crippen LogP contribution in [0.15, 0.2) is 21.9 Å². The van der Waals surface area contributed by atoms with Crippen LogP contribution < -0.4 is 5.32 Å². The molecule has 0 atom stereocenters. The zero-order valence-electron chi connectivity index (χ0n) is 17.4. The Bertz CT molecular complexity index is 1050. The van der Waals surface area contributed by atoms with Crippen LogP contribution in [0, 0.1) is 13.8 Å². The molecule has 10 nitrogen and oxygen atoms in total. The van der Waals surface area contributed by atoms with Gasteiger partial charge in [-0.2, -0.15) is 10.2 Å². The lowest BCUT2D eigenvalue weighted by Crippen LogP contribution is -2.26. The fourth-order valence-corrected chi connectivity index (χ4v) is 3.05. The number of aliphatic imine (C=N–C) groups is 1. The molecular formula is C19H25N7O3. The Morgan fingerprint density at radius 2 is 2.14 bits per heavy atom. The number of carbonyl (C=O) groups is 1. The molecule has 0 fully saturated rings. The van der Waals surface area contributed by atoms with E-state index in [0.29, 0.717) is 39.8 Å². The van der Waals surface area contributed by atoms with Gasteiger partial charge in [0, 0.05) is 19.5 Å². The van der Waals surface area contributed by atoms with Gasteiger partial charge in [-0.25, -0.2) is 4.99 Å². The third-order valence-corrected chi connectivity index (χ3v) is 4.23. The molecule has 1 amide bonds. The Morgan fingerprint density at radius 3 is 2.72 bits per heavy atom. The Balaban J connectivity index is 2.03. The number of aryl methyl sites for hydroxylation is 3. The van der Waals surface area contributed by atoms with E-state index in [1.807, 2.05) is 6.92 Å². The van der Waals surface area contributed by atoms with Crippen molar-refractivity contribution in [2.45, 2.75) is 46.8 Å². The van der Waals surface area contributed by atoms with Crippen molar-refractivity contribution in [1.29, 1.82) is 0 Å². The van der Waals surface area contributed by atoms with Crippen LogP contribution in [-0.4, -0.2) is 47.5 Å². The lowest BCUT2D eigenvalue weighted by atomic mass is 10.1. The van der Waals surface area contributed by atoms with E-state index in [1.54, 1.807) is 51.8 Å². The Kier molecular flexibility index (Phi) is 5.38. The number of hydrogen-bond donors (Lipinski definition) is 2. The molecule has 0 aromatic carbocycles. The first-order valence-corrected chi connectivity index (χ1v) is 9.16. The van der Waals surface area contributed by atoms with Crippen LogP contribution in [0.5, 0.6) is 0 Å². The van der Waals surface area contributed by atoms with Gasteiger partial charge in [-0.3, -0.25) is 14.2 Å². The summed E-state index contributed by atoms with van der Waals surface area (Å²) < 4.78 is 8.38. The van der Waals surface area contributed by atoms with Gasteiger partial charge in [0.1, 0.15) is 17.0 Å². The maximum absolute atomic E-state index is 12.9. The fourth-order valence-electron chi connectivity index (χ4n) is 3.05. The highest BCUT2D eigenvalue weighted by Gasteiger charge is 2.24. The van der Waals surface area contributed by atoms with Crippen molar-refractivity contribution in [3.8, 4) is 11.3 Å². The van der Waals surface area contributed by atoms with Gasteiger partial charge < -0.3 is 14.9 Å². The van der Waals surface area contributed by atoms with Crippen molar-refractivity contribution in [1.82, 2.24) is 24.7 Å². The molecule has 10 heteroatoms. The van der Waals surface area contributed by atoms with E-state index in [0.717, 1.165) is 0 Å². The molecular weight excluding hydrogens is 374 g/mol. The van der Waals surface area contributed by atoms with Crippen LogP contribution in [-0.2, 0) is 13.6 Å². The summed E-state index contributed by atoms with van der Waals surface area (Å²) in [7, 11) is 1.72. The third kappa shape index (κ3) is 4.27. The summed E-state index contributed by atoms with van der Waals surface area (Å²) in [4.78, 5) is 17.2. The molecule has 3 heterocycles. The predicted octanol–water partition coefficient (Wildman–Crippen LogP) is 2.63. The highest BCUT2D eigenvalue weighted by Crippen LogP contribution is 2.33. The van der Waals surface area contributed by atoms with Gasteiger partial charge in [-0.05, 0) is 34.6 Å². The smallest absolute Gasteiger partial charge is 0.261 e. The van der Waals surface area contributed by atoms with Crippen LogP contribution in [0.2, 0.25) is 0 Å². The van der Waals surface area contributed by atoms with Gasteiger partial charge in [-0.1, -0.05) is 5.16 Å². The van der Waals surface area contributed by atoms with Crippen LogP contribution in [0.4, 0.5) is 11.5 Å². The zero-order chi connectivity index (χ0) is 21.3. The third-order valence-electron chi connectivity index (χ3n) is 4.23. The van der Waals surface area contributed by atoms with E-state index in [4.69, 9.17) is 4.52 Å². The molecule has 0 bridgehead atoms. The molecule has 0 unspecified atom stereocenters. The molecule has 0 spiro atoms. The molecule has 0 saturated heterocycles. The molecule has 3 rings (SSSR count). The monoisotopic (exact) mass is 399 g/mol. The van der Waals surface area contributed by atoms with Crippen molar-refractivity contribution in [2.75, 3.05) is 5.32 Å². The van der Waals surface area contributed by atoms with E-state index in [-0.39, 0.29) is 12.5 Å². The first kappa shape index (κ1) is 20.5. The molecule has 3 aromatic rings. The van der Waals surface area contributed by atoms with Crippen LogP contribution in [0.25, 0.3) is 11.3 Å². The molecule has 0 saturated carbocycles. The van der Waals surface area contributed by atoms with Crippen molar-refractivity contribution in [3.63, 3.8) is 0 Å². The molecule has 0 aliphatic carbocycles. The molecule has 2 N–H and O–H groups in total. The summed E-state index contributed by atoms with van der Waals surface area (Å²) in [5.74, 6) is 0.673. The Labute approximate surface area is 168 Å². The number of aliphatic hydroxyl groups is 1. The largest absolute Gasteiger partial charge is 0.389 e. The highest BCUT2D eigenvalue weighted by atomic mass is 16.5. The summed E-state index contributed by atoms with van der Waals surface area (Å²) in [6.45, 7) is 8.98. The van der Waals surface area contributed by atoms with Gasteiger partial charge in [0.05, 0.1) is 35.3 Å². The maximum atomic E-state index is 12.9. The summed E-state index contributed by atoms with van der Waals surface area (Å²) in [6.07, 6.45) is 4.75. The van der Waals surface area contributed by atoms with Gasteiger partial charge in [0.25, 0.3) is 5.91 Å². The number of anilines is 1. The average molecular weight is 399 g/mol. The normalized spacial score (nSPS) is 12.1. The van der Waals surface area contributed by atoms with E-state index < -0.39 is 5.60 Å². The van der Waals surface area contributed by atoms with Crippen LogP contribution in [0.3, 0.4) is 0 Å². The minimum atomic E-state index is -0.977. The predicted molar refractivity (Wildman–Crippen MR) is 108 cm³/mol. The standard InChI is InChI=1S/C19H25N7O3/c1-7-20-17-13(8-21-25(17)6)18(27)22-14-9-26(10-19(4,5)28)23-16(14)15-11(2)24-29-12(15)3/h7-9,28H,10H2,1-6H3,(H,22,27). The zero-order valence-corrected chi connectivity index (χ0v) is 17.4. The van der Waals surface area contributed by atoms with Crippen LogP contribution in [0.1, 0.15) is 42.6 Å². The van der Waals surface area contributed by atoms with Gasteiger partial charge in [0.2, 0.25) is 0 Å². The molecule has 0 aliphatic rings. The van der Waals surface area contributed by atoms with Crippen molar-refractivity contribution < 1.29 is 14.4 Å². The quantitative estimate of drug-likeness (QED) is 0.614. The van der Waals surface area contributed by atoms with E-state index in [1.165, 1.54) is 10.9 Å². The van der Waals surface area contributed by atoms with Crippen LogP contribution >= 0.6 is 0 Å². The first-order valence-electron chi connectivity index (χ1n) is 9.16. The fraction of sp³-hybridized carbons (Fsp3) is 0.421. The second-order valence-corrected chi connectivity index (χ2v) is 7.45. The van der Waals surface area contributed by atoms with E-state index >= 15 is 0 Å². The lowest BCUT2D eigenvalue weighted by Gasteiger charge is -2.16. The second kappa shape index (κ2) is 7.63. The van der Waals surface area contributed by atoms with Crippen molar-refractivity contribution in [3.05, 3.63) is 29.4 Å². The van der Waals surface area contributed by atoms with Gasteiger partial charge in [-0.15, -0.1) is 0 Å². The van der Waals surface area contributed by atoms with Crippen molar-refractivity contribution in [2.24, 2.45) is 12.0 Å². The summed E-state index contributed by atoms with van der Waals surface area (Å²) in [5, 5.41) is 25.7. The molecule has 154 valence electrons. The molecule has 29 heavy (non-hydrogen) atoms. The minimum absolute atomic E-state index is 0.248. The first-order chi connectivity index (χ1) is 13.6. The van der Waals surface area contributed by atoms with Gasteiger partial charge >= 0.3 is 0 Å². The SMILES string of the molecule is CC=Nc1c(C(=O)Nc2cn(CC(C)(C)O)nc2-c2c(C)noc2C)cnn1C. The van der Waals surface area contributed by atoms with Gasteiger partial charge in [0.15, 0.2) is 5.82 Å². The number of carbonyl (C=O) groups excluding carboxylic acids is 1. The molecule has 3 aromatic heterocycles. The summed E-state index contributed by atoms with van der Waals surface area (Å²) >= 11 is 0. The topological polar surface area (TPSA) is 123 Å². The maximum Gasteiger partial charge on any atom is 0.261 e. The van der Waals surface area contributed by atoms with E-state index in [2.05, 4.69) is 25.7 Å². The Morgan fingerprint density at radius 1 is 1.41 bits per heavy atom. The number of amides is 1. The van der Waals surface area contributed by atoms with E-state index in [9.17, 15) is 9.90 Å². The summed E-state index contributed by atoms with van der Waals surface area (Å²) in [6, 6.07) is 0. The lowest BCUT2D eigenvalue weighted by molar-refractivity contribution is 0.0578. The number of hydrogen-bond acceptors (Lipinski definition) is 7. The summed E-state index contributed by atoms with van der Waals surface area (Å²) in [5.41, 5.74) is 1.71. The number of nitrogens with one attached hydrogen (secondary N) is 1. The molecule has 0 aliphatic heterocycles. The highest BCUT2D eigenvalue weighted by molar-refractivity contribution is 6.08. The number of aromatic nitrogens is 5. The Hall–Kier alpha value is -3.27. The minimum Gasteiger partial charge on any atom is -0.389 e. The number of nitrogens with zero attached hydrogens (tertiary/aromatic N) is 6. The van der Waals surface area contributed by atoms with Crippen molar-refractivity contribution >= 4 is 23.6 Å². The average Bonchev–Trinajstić information content (AvgIpc) is 3.26.